The molecular formula is C18H18F2N2OS. The fourth-order valence-corrected chi connectivity index (χ4v) is 4.44. The Labute approximate surface area is 143 Å². The summed E-state index contributed by atoms with van der Waals surface area (Å²) in [6, 6.07) is 9.04. The largest absolute Gasteiger partial charge is 0.390 e. The Kier molecular flexibility index (Phi) is 4.20. The summed E-state index contributed by atoms with van der Waals surface area (Å²) in [5.41, 5.74) is 1.62. The third-order valence-electron chi connectivity index (χ3n) is 4.42. The molecule has 0 aliphatic carbocycles. The van der Waals surface area contributed by atoms with Crippen molar-refractivity contribution in [3.63, 3.8) is 0 Å². The van der Waals surface area contributed by atoms with Crippen LogP contribution in [0.4, 0.5) is 8.78 Å². The van der Waals surface area contributed by atoms with Gasteiger partial charge in [-0.3, -0.25) is 0 Å². The molecule has 0 spiro atoms. The van der Waals surface area contributed by atoms with E-state index in [0.29, 0.717) is 23.9 Å². The van der Waals surface area contributed by atoms with Gasteiger partial charge in [-0.1, -0.05) is 11.9 Å². The zero-order valence-corrected chi connectivity index (χ0v) is 13.9. The second kappa shape index (κ2) is 6.35. The summed E-state index contributed by atoms with van der Waals surface area (Å²) in [6.07, 6.45) is 0.607. The molecule has 2 aromatic carbocycles. The predicted octanol–water partition coefficient (Wildman–Crippen LogP) is 3.79. The van der Waals surface area contributed by atoms with Crippen LogP contribution >= 0.6 is 11.9 Å². The third-order valence-corrected chi connectivity index (χ3v) is 5.59. The highest BCUT2D eigenvalue weighted by Crippen LogP contribution is 2.31. The van der Waals surface area contributed by atoms with E-state index in [4.69, 9.17) is 0 Å². The molecule has 1 atom stereocenters. The quantitative estimate of drug-likeness (QED) is 0.727. The van der Waals surface area contributed by atoms with Gasteiger partial charge in [0.05, 0.1) is 12.6 Å². The summed E-state index contributed by atoms with van der Waals surface area (Å²) < 4.78 is 31.4. The molecule has 0 radical (unpaired) electrons. The highest BCUT2D eigenvalue weighted by molar-refractivity contribution is 7.97. The molecular weight excluding hydrogens is 330 g/mol. The monoisotopic (exact) mass is 348 g/mol. The molecule has 24 heavy (non-hydrogen) atoms. The normalized spacial score (nSPS) is 17.1. The van der Waals surface area contributed by atoms with Gasteiger partial charge in [0.25, 0.3) is 0 Å². The van der Waals surface area contributed by atoms with Crippen molar-refractivity contribution in [2.75, 3.05) is 18.8 Å². The minimum atomic E-state index is -0.537. The number of β-amino-alcohol motifs (C(OH)–C–C–N with tert-alkyl or cyclic N) is 1. The van der Waals surface area contributed by atoms with E-state index >= 15 is 0 Å². The number of halogens is 2. The van der Waals surface area contributed by atoms with Crippen molar-refractivity contribution in [2.24, 2.45) is 0 Å². The molecule has 3 aromatic rings. The van der Waals surface area contributed by atoms with E-state index < -0.39 is 6.10 Å². The zero-order chi connectivity index (χ0) is 16.7. The van der Waals surface area contributed by atoms with Gasteiger partial charge in [0, 0.05) is 40.6 Å². The molecule has 126 valence electrons. The van der Waals surface area contributed by atoms with E-state index in [1.807, 2.05) is 4.57 Å². The summed E-state index contributed by atoms with van der Waals surface area (Å²) in [7, 11) is 0. The molecule has 1 unspecified atom stereocenters. The molecule has 6 heteroatoms. The number of aliphatic hydroxyl groups excluding tert-OH is 1. The third kappa shape index (κ3) is 2.90. The van der Waals surface area contributed by atoms with Crippen LogP contribution in [0.3, 0.4) is 0 Å². The molecule has 1 N–H and O–H groups in total. The average Bonchev–Trinajstić information content (AvgIpc) is 3.15. The molecule has 1 saturated heterocycles. The van der Waals surface area contributed by atoms with Crippen molar-refractivity contribution < 1.29 is 13.9 Å². The highest BCUT2D eigenvalue weighted by Gasteiger charge is 2.19. The minimum Gasteiger partial charge on any atom is -0.390 e. The second-order valence-electron chi connectivity index (χ2n) is 6.16. The van der Waals surface area contributed by atoms with Gasteiger partial charge in [0.15, 0.2) is 0 Å². The van der Waals surface area contributed by atoms with Gasteiger partial charge in [-0.2, -0.15) is 0 Å². The predicted molar refractivity (Wildman–Crippen MR) is 94.0 cm³/mol. The number of hydrogen-bond acceptors (Lipinski definition) is 3. The molecule has 1 fully saturated rings. The lowest BCUT2D eigenvalue weighted by atomic mass is 10.1. The number of benzene rings is 2. The van der Waals surface area contributed by atoms with Crippen LogP contribution in [-0.2, 0) is 6.54 Å². The van der Waals surface area contributed by atoms with E-state index in [0.717, 1.165) is 29.8 Å². The van der Waals surface area contributed by atoms with Crippen molar-refractivity contribution in [2.45, 2.75) is 19.1 Å². The fraction of sp³-hybridized carbons (Fsp3) is 0.333. The smallest absolute Gasteiger partial charge is 0.123 e. The maximum Gasteiger partial charge on any atom is 0.123 e. The maximum absolute atomic E-state index is 13.6. The zero-order valence-electron chi connectivity index (χ0n) is 13.1. The Hall–Kier alpha value is -1.63. The highest BCUT2D eigenvalue weighted by atomic mass is 32.2. The Bertz CT molecular complexity index is 830. The first-order valence-electron chi connectivity index (χ1n) is 8.05. The molecule has 1 aromatic heterocycles. The van der Waals surface area contributed by atoms with Gasteiger partial charge in [-0.05, 0) is 42.8 Å². The molecule has 0 amide bonds. The van der Waals surface area contributed by atoms with E-state index in [1.54, 1.807) is 24.1 Å². The van der Waals surface area contributed by atoms with E-state index in [-0.39, 0.29) is 11.6 Å². The van der Waals surface area contributed by atoms with Crippen LogP contribution in [0.15, 0.2) is 36.4 Å². The number of hydrogen-bond donors (Lipinski definition) is 1. The number of nitrogens with zero attached hydrogens (tertiary/aromatic N) is 2. The van der Waals surface area contributed by atoms with Gasteiger partial charge < -0.3 is 9.67 Å². The lowest BCUT2D eigenvalue weighted by Crippen LogP contribution is -2.29. The molecule has 1 aliphatic rings. The summed E-state index contributed by atoms with van der Waals surface area (Å²) >= 11 is 1.76. The number of aromatic nitrogens is 1. The lowest BCUT2D eigenvalue weighted by Gasteiger charge is -2.19. The minimum absolute atomic E-state index is 0.347. The molecule has 1 aliphatic heterocycles. The average molecular weight is 348 g/mol. The standard InChI is InChI=1S/C18H18F2N2OS/c19-12-2-4-17-15(8-12)16-9-13(20)3-5-18(16)22(17)11-14(23)10-21-6-1-7-24-21/h2-5,8-9,14,23H,1,6-7,10-11H2. The van der Waals surface area contributed by atoms with Crippen molar-refractivity contribution in [1.82, 2.24) is 8.87 Å². The van der Waals surface area contributed by atoms with Crippen molar-refractivity contribution >= 4 is 33.8 Å². The van der Waals surface area contributed by atoms with Crippen LogP contribution in [0.5, 0.6) is 0 Å². The summed E-state index contributed by atoms with van der Waals surface area (Å²) in [5.74, 6) is 0.403. The van der Waals surface area contributed by atoms with Crippen LogP contribution in [0.1, 0.15) is 6.42 Å². The van der Waals surface area contributed by atoms with Crippen LogP contribution < -0.4 is 0 Å². The van der Waals surface area contributed by atoms with Crippen molar-refractivity contribution in [1.29, 1.82) is 0 Å². The fourth-order valence-electron chi connectivity index (χ4n) is 3.39. The van der Waals surface area contributed by atoms with E-state index in [2.05, 4.69) is 4.31 Å². The van der Waals surface area contributed by atoms with E-state index in [9.17, 15) is 13.9 Å². The summed E-state index contributed by atoms with van der Waals surface area (Å²) in [4.78, 5) is 0. The first-order valence-corrected chi connectivity index (χ1v) is 8.99. The topological polar surface area (TPSA) is 28.4 Å². The first kappa shape index (κ1) is 15.9. The summed E-state index contributed by atoms with van der Waals surface area (Å²) in [5, 5.41) is 11.8. The van der Waals surface area contributed by atoms with Crippen LogP contribution in [0.25, 0.3) is 21.8 Å². The molecule has 3 nitrogen and oxygen atoms in total. The molecule has 2 heterocycles. The summed E-state index contributed by atoms with van der Waals surface area (Å²) in [6.45, 7) is 1.98. The Morgan fingerprint density at radius 1 is 1.00 bits per heavy atom. The SMILES string of the molecule is OC(CN1CCCS1)Cn1c2ccc(F)cc2c2cc(F)ccc21. The Balaban J connectivity index is 1.75. The lowest BCUT2D eigenvalue weighted by molar-refractivity contribution is 0.135. The Morgan fingerprint density at radius 3 is 2.17 bits per heavy atom. The number of aliphatic hydroxyl groups is 1. The van der Waals surface area contributed by atoms with E-state index in [1.165, 1.54) is 24.3 Å². The van der Waals surface area contributed by atoms with Crippen LogP contribution in [-0.4, -0.2) is 38.9 Å². The van der Waals surface area contributed by atoms with Crippen molar-refractivity contribution in [3.05, 3.63) is 48.0 Å². The van der Waals surface area contributed by atoms with Crippen molar-refractivity contribution in [3.8, 4) is 0 Å². The Morgan fingerprint density at radius 2 is 1.62 bits per heavy atom. The van der Waals surface area contributed by atoms with Gasteiger partial charge >= 0.3 is 0 Å². The van der Waals surface area contributed by atoms with Gasteiger partial charge in [0.2, 0.25) is 0 Å². The van der Waals surface area contributed by atoms with Gasteiger partial charge in [-0.15, -0.1) is 0 Å². The first-order chi connectivity index (χ1) is 11.6. The second-order valence-corrected chi connectivity index (χ2v) is 7.34. The van der Waals surface area contributed by atoms with Crippen LogP contribution in [0.2, 0.25) is 0 Å². The number of fused-ring (bicyclic) bond motifs is 3. The molecule has 4 rings (SSSR count). The molecule has 0 bridgehead atoms. The molecule has 0 saturated carbocycles. The number of rotatable bonds is 4. The maximum atomic E-state index is 13.6. The van der Waals surface area contributed by atoms with Gasteiger partial charge in [-0.25, -0.2) is 13.1 Å². The van der Waals surface area contributed by atoms with Gasteiger partial charge in [0.1, 0.15) is 11.6 Å². The van der Waals surface area contributed by atoms with Crippen LogP contribution in [0, 0.1) is 11.6 Å².